The van der Waals surface area contributed by atoms with E-state index in [9.17, 15) is 18.7 Å². The first kappa shape index (κ1) is 14.1. The highest BCUT2D eigenvalue weighted by Gasteiger charge is 2.46. The molecule has 1 unspecified atom stereocenters. The molecule has 1 saturated heterocycles. The van der Waals surface area contributed by atoms with Crippen molar-refractivity contribution in [1.82, 2.24) is 4.98 Å². The van der Waals surface area contributed by atoms with Gasteiger partial charge in [0.05, 0.1) is 12.2 Å². The number of aromatic amines is 1. The summed E-state index contributed by atoms with van der Waals surface area (Å²) in [6, 6.07) is 0. The zero-order chi connectivity index (χ0) is 14.3. The average molecular weight is 275 g/mol. The second kappa shape index (κ2) is 4.99. The Morgan fingerprint density at radius 3 is 2.58 bits per heavy atom. The van der Waals surface area contributed by atoms with E-state index in [-0.39, 0.29) is 16.8 Å². The Morgan fingerprint density at radius 2 is 2.05 bits per heavy atom. The van der Waals surface area contributed by atoms with Gasteiger partial charge in [0.15, 0.2) is 6.17 Å². The Labute approximate surface area is 107 Å². The second-order valence-corrected chi connectivity index (χ2v) is 4.64. The summed E-state index contributed by atoms with van der Waals surface area (Å²) < 4.78 is 33.2. The monoisotopic (exact) mass is 275 g/mol. The molecule has 19 heavy (non-hydrogen) atoms. The third kappa shape index (κ3) is 2.18. The Kier molecular flexibility index (Phi) is 3.71. The minimum atomic E-state index is -1.87. The number of ether oxygens (including phenoxy) is 1. The summed E-state index contributed by atoms with van der Waals surface area (Å²) in [5.74, 6) is -0.848. The van der Waals surface area contributed by atoms with Crippen LogP contribution < -0.4 is 5.56 Å². The molecule has 2 heterocycles. The fraction of sp³-hybridized carbons (Fsp3) is 0.583. The van der Waals surface area contributed by atoms with E-state index in [2.05, 4.69) is 4.98 Å². The Balaban J connectivity index is 2.49. The molecule has 0 aliphatic carbocycles. The zero-order valence-corrected chi connectivity index (χ0v) is 10.5. The standard InChI is InChI=1S/C12H15F2NO4/c1-4-8(13)7(5(2)15-12(4)18)11-9(14)10(17)6(3-16)19-11/h6,9-11,16-17H,3H2,1-2H3,(H,15,18)/t6-,9+,10?,11+/m1/s1. The second-order valence-electron chi connectivity index (χ2n) is 4.64. The molecule has 4 atom stereocenters. The number of alkyl halides is 1. The van der Waals surface area contributed by atoms with Crippen LogP contribution in [0.1, 0.15) is 22.9 Å². The molecule has 1 fully saturated rings. The van der Waals surface area contributed by atoms with Crippen LogP contribution in [0.3, 0.4) is 0 Å². The lowest BCUT2D eigenvalue weighted by Crippen LogP contribution is -2.30. The van der Waals surface area contributed by atoms with Crippen LogP contribution >= 0.6 is 0 Å². The van der Waals surface area contributed by atoms with Crippen LogP contribution in [0, 0.1) is 19.7 Å². The van der Waals surface area contributed by atoms with Gasteiger partial charge in [-0.2, -0.15) is 0 Å². The van der Waals surface area contributed by atoms with Gasteiger partial charge in [-0.05, 0) is 13.8 Å². The van der Waals surface area contributed by atoms with Crippen LogP contribution in [-0.2, 0) is 4.74 Å². The first-order chi connectivity index (χ1) is 8.88. The van der Waals surface area contributed by atoms with Crippen LogP contribution in [-0.4, -0.2) is 40.2 Å². The van der Waals surface area contributed by atoms with E-state index in [1.807, 2.05) is 0 Å². The maximum atomic E-state index is 14.1. The molecule has 1 aliphatic rings. The van der Waals surface area contributed by atoms with Crippen LogP contribution in [0.15, 0.2) is 4.79 Å². The molecule has 0 saturated carbocycles. The number of aliphatic hydroxyl groups excluding tert-OH is 2. The van der Waals surface area contributed by atoms with Crippen molar-refractivity contribution >= 4 is 0 Å². The SMILES string of the molecule is Cc1[nH]c(=O)c(C)c(F)c1[C@@H]1O[C@H](CO)C(O)[C@@H]1F. The van der Waals surface area contributed by atoms with E-state index < -0.39 is 42.5 Å². The summed E-state index contributed by atoms with van der Waals surface area (Å²) in [6.07, 6.45) is -5.84. The molecule has 3 N–H and O–H groups in total. The van der Waals surface area contributed by atoms with E-state index >= 15 is 0 Å². The van der Waals surface area contributed by atoms with Gasteiger partial charge in [0.1, 0.15) is 24.1 Å². The normalized spacial score (nSPS) is 30.8. The highest BCUT2D eigenvalue weighted by molar-refractivity contribution is 5.30. The van der Waals surface area contributed by atoms with Crippen LogP contribution in [0.2, 0.25) is 0 Å². The third-order valence-electron chi connectivity index (χ3n) is 3.39. The van der Waals surface area contributed by atoms with Crippen molar-refractivity contribution in [2.24, 2.45) is 0 Å². The molecule has 1 aromatic rings. The van der Waals surface area contributed by atoms with Gasteiger partial charge < -0.3 is 19.9 Å². The summed E-state index contributed by atoms with van der Waals surface area (Å²) in [4.78, 5) is 13.8. The molecule has 0 spiro atoms. The number of halogens is 2. The van der Waals surface area contributed by atoms with Gasteiger partial charge in [-0.25, -0.2) is 8.78 Å². The number of nitrogens with one attached hydrogen (secondary N) is 1. The largest absolute Gasteiger partial charge is 0.394 e. The third-order valence-corrected chi connectivity index (χ3v) is 3.39. The summed E-state index contributed by atoms with van der Waals surface area (Å²) in [5, 5.41) is 18.5. The summed E-state index contributed by atoms with van der Waals surface area (Å²) in [5.41, 5.74) is -0.740. The van der Waals surface area contributed by atoms with Gasteiger partial charge in [-0.15, -0.1) is 0 Å². The topological polar surface area (TPSA) is 82.6 Å². The Morgan fingerprint density at radius 1 is 1.42 bits per heavy atom. The van der Waals surface area contributed by atoms with Crippen molar-refractivity contribution in [1.29, 1.82) is 0 Å². The van der Waals surface area contributed by atoms with Gasteiger partial charge in [-0.3, -0.25) is 4.79 Å². The molecule has 0 amide bonds. The summed E-state index contributed by atoms with van der Waals surface area (Å²) in [7, 11) is 0. The average Bonchev–Trinajstić information content (AvgIpc) is 2.64. The molecule has 7 heteroatoms. The van der Waals surface area contributed by atoms with E-state index in [4.69, 9.17) is 9.84 Å². The van der Waals surface area contributed by atoms with Crippen molar-refractivity contribution in [3.05, 3.63) is 33.0 Å². The van der Waals surface area contributed by atoms with E-state index in [1.165, 1.54) is 13.8 Å². The van der Waals surface area contributed by atoms with Crippen molar-refractivity contribution in [3.8, 4) is 0 Å². The lowest BCUT2D eigenvalue weighted by atomic mass is 9.99. The highest BCUT2D eigenvalue weighted by atomic mass is 19.1. The number of aryl methyl sites for hydroxylation is 1. The molecule has 0 bridgehead atoms. The van der Waals surface area contributed by atoms with Crippen LogP contribution in [0.4, 0.5) is 8.78 Å². The molecule has 0 aromatic carbocycles. The van der Waals surface area contributed by atoms with Gasteiger partial charge in [0.2, 0.25) is 0 Å². The van der Waals surface area contributed by atoms with Crippen molar-refractivity contribution in [2.75, 3.05) is 6.61 Å². The number of H-pyrrole nitrogens is 1. The molecule has 1 aromatic heterocycles. The fourth-order valence-electron chi connectivity index (χ4n) is 2.24. The number of aromatic nitrogens is 1. The summed E-state index contributed by atoms with van der Waals surface area (Å²) >= 11 is 0. The smallest absolute Gasteiger partial charge is 0.254 e. The Hall–Kier alpha value is -1.31. The molecule has 106 valence electrons. The maximum Gasteiger partial charge on any atom is 0.254 e. The lowest BCUT2D eigenvalue weighted by molar-refractivity contribution is -0.0237. The van der Waals surface area contributed by atoms with Gasteiger partial charge >= 0.3 is 0 Å². The summed E-state index contributed by atoms with van der Waals surface area (Å²) in [6.45, 7) is 2.13. The fourth-order valence-corrected chi connectivity index (χ4v) is 2.24. The van der Waals surface area contributed by atoms with Crippen LogP contribution in [0.25, 0.3) is 0 Å². The van der Waals surface area contributed by atoms with Gasteiger partial charge in [-0.1, -0.05) is 0 Å². The first-order valence-corrected chi connectivity index (χ1v) is 5.85. The van der Waals surface area contributed by atoms with E-state index in [0.717, 1.165) is 0 Å². The molecular weight excluding hydrogens is 260 g/mol. The number of pyridine rings is 1. The number of rotatable bonds is 2. The molecule has 0 radical (unpaired) electrons. The lowest BCUT2D eigenvalue weighted by Gasteiger charge is -2.17. The number of aliphatic hydroxyl groups is 2. The Bertz CT molecular complexity index is 545. The maximum absolute atomic E-state index is 14.1. The quantitative estimate of drug-likeness (QED) is 0.723. The minimum Gasteiger partial charge on any atom is -0.394 e. The predicted octanol–water partition coefficient (Wildman–Crippen LogP) is 0.262. The van der Waals surface area contributed by atoms with Gasteiger partial charge in [0.25, 0.3) is 5.56 Å². The molecular formula is C12H15F2NO4. The van der Waals surface area contributed by atoms with Gasteiger partial charge in [0, 0.05) is 11.3 Å². The predicted molar refractivity (Wildman–Crippen MR) is 62.1 cm³/mol. The number of hydrogen-bond donors (Lipinski definition) is 3. The van der Waals surface area contributed by atoms with E-state index in [1.54, 1.807) is 0 Å². The van der Waals surface area contributed by atoms with Crippen molar-refractivity contribution in [2.45, 2.75) is 38.3 Å². The minimum absolute atomic E-state index is 0.125. The molecule has 1 aliphatic heterocycles. The van der Waals surface area contributed by atoms with Crippen molar-refractivity contribution in [3.63, 3.8) is 0 Å². The van der Waals surface area contributed by atoms with E-state index in [0.29, 0.717) is 0 Å². The molecule has 2 rings (SSSR count). The zero-order valence-electron chi connectivity index (χ0n) is 10.5. The van der Waals surface area contributed by atoms with Crippen molar-refractivity contribution < 1.29 is 23.7 Å². The van der Waals surface area contributed by atoms with Crippen LogP contribution in [0.5, 0.6) is 0 Å². The highest BCUT2D eigenvalue weighted by Crippen LogP contribution is 2.37. The number of hydrogen-bond acceptors (Lipinski definition) is 4. The first-order valence-electron chi connectivity index (χ1n) is 5.85. The molecule has 5 nitrogen and oxygen atoms in total.